The molecular formula is C13H20ClN3O. The van der Waals surface area contributed by atoms with E-state index < -0.39 is 0 Å². The van der Waals surface area contributed by atoms with Gasteiger partial charge in [0.15, 0.2) is 0 Å². The number of hydrogen-bond acceptors (Lipinski definition) is 3. The third kappa shape index (κ3) is 5.96. The lowest BCUT2D eigenvalue weighted by atomic mass is 10.1. The van der Waals surface area contributed by atoms with Crippen molar-refractivity contribution in [2.24, 2.45) is 0 Å². The molecule has 0 aromatic carbocycles. The monoisotopic (exact) mass is 269 g/mol. The molecule has 0 atom stereocenters. The van der Waals surface area contributed by atoms with E-state index in [-0.39, 0.29) is 5.91 Å². The molecule has 0 fully saturated rings. The van der Waals surface area contributed by atoms with Crippen LogP contribution in [0.1, 0.15) is 55.9 Å². The minimum Gasteiger partial charge on any atom is -0.351 e. The van der Waals surface area contributed by atoms with E-state index in [2.05, 4.69) is 22.2 Å². The number of nitrogens with zero attached hydrogens (tertiary/aromatic N) is 2. The van der Waals surface area contributed by atoms with E-state index >= 15 is 0 Å². The van der Waals surface area contributed by atoms with Crippen LogP contribution in [-0.2, 0) is 0 Å². The lowest BCUT2D eigenvalue weighted by Gasteiger charge is -2.04. The molecule has 1 heterocycles. The van der Waals surface area contributed by atoms with Crippen molar-refractivity contribution in [1.29, 1.82) is 0 Å². The third-order valence-corrected chi connectivity index (χ3v) is 2.86. The molecule has 0 radical (unpaired) electrons. The summed E-state index contributed by atoms with van der Waals surface area (Å²) < 4.78 is 0. The fraction of sp³-hybridized carbons (Fsp3) is 0.615. The highest BCUT2D eigenvalue weighted by Crippen LogP contribution is 2.04. The largest absolute Gasteiger partial charge is 0.351 e. The Bertz CT molecular complexity index is 354. The lowest BCUT2D eigenvalue weighted by molar-refractivity contribution is 0.0947. The molecule has 0 saturated carbocycles. The number of amides is 1. The van der Waals surface area contributed by atoms with E-state index in [0.29, 0.717) is 17.4 Å². The Morgan fingerprint density at radius 1 is 1.17 bits per heavy atom. The summed E-state index contributed by atoms with van der Waals surface area (Å²) in [5.41, 5.74) is 0.311. The normalized spacial score (nSPS) is 10.3. The molecule has 1 rings (SSSR count). The number of nitrogens with one attached hydrogen (secondary N) is 1. The molecule has 0 saturated heterocycles. The number of carbonyl (C=O) groups is 1. The van der Waals surface area contributed by atoms with Crippen molar-refractivity contribution in [2.45, 2.75) is 45.4 Å². The number of unbranched alkanes of at least 4 members (excludes halogenated alkanes) is 5. The topological polar surface area (TPSA) is 54.9 Å². The molecule has 0 spiro atoms. The van der Waals surface area contributed by atoms with Gasteiger partial charge in [-0.25, -0.2) is 9.97 Å². The van der Waals surface area contributed by atoms with Gasteiger partial charge in [-0.05, 0) is 6.42 Å². The molecule has 1 amide bonds. The van der Waals surface area contributed by atoms with Gasteiger partial charge in [-0.1, -0.05) is 50.6 Å². The predicted molar refractivity (Wildman–Crippen MR) is 72.8 cm³/mol. The molecule has 5 heteroatoms. The number of hydrogen-bond donors (Lipinski definition) is 1. The van der Waals surface area contributed by atoms with Crippen molar-refractivity contribution < 1.29 is 4.79 Å². The number of rotatable bonds is 8. The van der Waals surface area contributed by atoms with E-state index in [1.54, 1.807) is 0 Å². The van der Waals surface area contributed by atoms with Crippen LogP contribution in [-0.4, -0.2) is 22.4 Å². The molecule has 4 nitrogen and oxygen atoms in total. The van der Waals surface area contributed by atoms with E-state index in [1.807, 2.05) is 0 Å². The maximum atomic E-state index is 11.6. The van der Waals surface area contributed by atoms with Crippen LogP contribution in [0.4, 0.5) is 0 Å². The summed E-state index contributed by atoms with van der Waals surface area (Å²) in [6, 6.07) is 0. The molecule has 1 N–H and O–H groups in total. The highest BCUT2D eigenvalue weighted by Gasteiger charge is 2.06. The average molecular weight is 270 g/mol. The summed E-state index contributed by atoms with van der Waals surface area (Å²) >= 11 is 5.60. The summed E-state index contributed by atoms with van der Waals surface area (Å²) in [6.45, 7) is 2.89. The smallest absolute Gasteiger partial charge is 0.271 e. The second-order valence-electron chi connectivity index (χ2n) is 4.25. The number of halogens is 1. The molecule has 0 aliphatic carbocycles. The maximum Gasteiger partial charge on any atom is 0.271 e. The number of carbonyl (C=O) groups excluding carboxylic acids is 1. The van der Waals surface area contributed by atoms with Gasteiger partial charge in [0, 0.05) is 6.54 Å². The molecule has 100 valence electrons. The van der Waals surface area contributed by atoms with Gasteiger partial charge < -0.3 is 5.32 Å². The summed E-state index contributed by atoms with van der Waals surface area (Å²) in [7, 11) is 0. The Kier molecular flexibility index (Phi) is 7.34. The first kappa shape index (κ1) is 14.9. The van der Waals surface area contributed by atoms with Crippen molar-refractivity contribution in [3.05, 3.63) is 23.2 Å². The zero-order valence-electron chi connectivity index (χ0n) is 10.8. The summed E-state index contributed by atoms with van der Waals surface area (Å²) in [6.07, 6.45) is 10.0. The molecule has 0 unspecified atom stereocenters. The van der Waals surface area contributed by atoms with Gasteiger partial charge in [0.05, 0.1) is 12.4 Å². The van der Waals surface area contributed by atoms with Crippen LogP contribution in [0.5, 0.6) is 0 Å². The van der Waals surface area contributed by atoms with Crippen LogP contribution in [0.15, 0.2) is 12.4 Å². The molecule has 1 aromatic rings. The van der Waals surface area contributed by atoms with E-state index in [4.69, 9.17) is 11.6 Å². The maximum absolute atomic E-state index is 11.6. The second-order valence-corrected chi connectivity index (χ2v) is 4.64. The van der Waals surface area contributed by atoms with E-state index in [1.165, 1.54) is 38.1 Å². The number of aromatic nitrogens is 2. The fourth-order valence-corrected chi connectivity index (χ4v) is 1.72. The Morgan fingerprint density at radius 2 is 1.89 bits per heavy atom. The lowest BCUT2D eigenvalue weighted by Crippen LogP contribution is -2.25. The van der Waals surface area contributed by atoms with Crippen LogP contribution in [0.25, 0.3) is 0 Å². The molecular weight excluding hydrogens is 250 g/mol. The average Bonchev–Trinajstić information content (AvgIpc) is 2.38. The van der Waals surface area contributed by atoms with E-state index in [9.17, 15) is 4.79 Å². The summed E-state index contributed by atoms with van der Waals surface area (Å²) in [4.78, 5) is 19.4. The molecule has 1 aromatic heterocycles. The molecule has 0 aliphatic rings. The van der Waals surface area contributed by atoms with Gasteiger partial charge in [0.25, 0.3) is 5.91 Å². The van der Waals surface area contributed by atoms with Crippen molar-refractivity contribution in [1.82, 2.24) is 15.3 Å². The minimum absolute atomic E-state index is 0.187. The highest BCUT2D eigenvalue weighted by molar-refractivity contribution is 6.29. The Labute approximate surface area is 113 Å². The van der Waals surface area contributed by atoms with Gasteiger partial charge in [-0.2, -0.15) is 0 Å². The van der Waals surface area contributed by atoms with Gasteiger partial charge in [0.2, 0.25) is 0 Å². The van der Waals surface area contributed by atoms with Crippen LogP contribution in [0.3, 0.4) is 0 Å². The van der Waals surface area contributed by atoms with Gasteiger partial charge >= 0.3 is 0 Å². The van der Waals surface area contributed by atoms with Crippen molar-refractivity contribution in [3.8, 4) is 0 Å². The zero-order chi connectivity index (χ0) is 13.2. The van der Waals surface area contributed by atoms with Gasteiger partial charge in [-0.15, -0.1) is 0 Å². The van der Waals surface area contributed by atoms with Crippen molar-refractivity contribution in [2.75, 3.05) is 6.54 Å². The van der Waals surface area contributed by atoms with E-state index in [0.717, 1.165) is 12.8 Å². The highest BCUT2D eigenvalue weighted by atomic mass is 35.5. The SMILES string of the molecule is CCCCCCCCNC(=O)c1cnc(Cl)cn1. The standard InChI is InChI=1S/C13H20ClN3O/c1-2-3-4-5-6-7-8-15-13(18)11-9-17-12(14)10-16-11/h9-10H,2-8H2,1H3,(H,15,18). The summed E-state index contributed by atoms with van der Waals surface area (Å²) in [5.74, 6) is -0.187. The van der Waals surface area contributed by atoms with Crippen LogP contribution in [0.2, 0.25) is 5.15 Å². The first-order valence-corrected chi connectivity index (χ1v) is 6.87. The Morgan fingerprint density at radius 3 is 2.56 bits per heavy atom. The Balaban J connectivity index is 2.12. The molecule has 0 aliphatic heterocycles. The van der Waals surface area contributed by atoms with Crippen LogP contribution < -0.4 is 5.32 Å². The van der Waals surface area contributed by atoms with Crippen LogP contribution >= 0.6 is 11.6 Å². The quantitative estimate of drug-likeness (QED) is 0.737. The summed E-state index contributed by atoms with van der Waals surface area (Å²) in [5, 5.41) is 3.12. The van der Waals surface area contributed by atoms with Gasteiger partial charge in [-0.3, -0.25) is 4.79 Å². The van der Waals surface area contributed by atoms with Crippen LogP contribution in [0, 0.1) is 0 Å². The van der Waals surface area contributed by atoms with Crippen molar-refractivity contribution >= 4 is 17.5 Å². The first-order chi connectivity index (χ1) is 8.74. The van der Waals surface area contributed by atoms with Crippen molar-refractivity contribution in [3.63, 3.8) is 0 Å². The predicted octanol–water partition coefficient (Wildman–Crippen LogP) is 3.22. The second kappa shape index (κ2) is 8.86. The van der Waals surface area contributed by atoms with Gasteiger partial charge in [0.1, 0.15) is 10.8 Å². The molecule has 18 heavy (non-hydrogen) atoms. The Hall–Kier alpha value is -1.16. The third-order valence-electron chi connectivity index (χ3n) is 2.67. The molecule has 0 bridgehead atoms. The first-order valence-electron chi connectivity index (χ1n) is 6.49. The fourth-order valence-electron chi connectivity index (χ4n) is 1.63. The minimum atomic E-state index is -0.187. The zero-order valence-corrected chi connectivity index (χ0v) is 11.5.